The summed E-state index contributed by atoms with van der Waals surface area (Å²) in [6.45, 7) is 0.438. The van der Waals surface area contributed by atoms with Crippen LogP contribution in [0, 0.1) is 0 Å². The molecule has 1 aliphatic heterocycles. The molecule has 0 aliphatic carbocycles. The van der Waals surface area contributed by atoms with Crippen molar-refractivity contribution in [1.29, 1.82) is 0 Å². The first kappa shape index (κ1) is 15.9. The molecular formula is C15H21N3O4. The molecular weight excluding hydrogens is 286 g/mol. The number of rotatable bonds is 4. The predicted molar refractivity (Wildman–Crippen MR) is 82.5 cm³/mol. The SMILES string of the molecule is COc1ccc(N2C[C@@H](NC(=O)N(C)C)CC2=O)cc1OC. The fraction of sp³-hybridized carbons (Fsp3) is 0.467. The van der Waals surface area contributed by atoms with Crippen molar-refractivity contribution in [3.63, 3.8) is 0 Å². The average molecular weight is 307 g/mol. The molecule has 1 aromatic rings. The van der Waals surface area contributed by atoms with Gasteiger partial charge in [-0.15, -0.1) is 0 Å². The van der Waals surface area contributed by atoms with E-state index in [1.807, 2.05) is 0 Å². The Labute approximate surface area is 129 Å². The fourth-order valence-electron chi connectivity index (χ4n) is 2.35. The number of nitrogens with one attached hydrogen (secondary N) is 1. The zero-order valence-corrected chi connectivity index (χ0v) is 13.3. The summed E-state index contributed by atoms with van der Waals surface area (Å²) in [6, 6.07) is 4.91. The lowest BCUT2D eigenvalue weighted by Gasteiger charge is -2.20. The quantitative estimate of drug-likeness (QED) is 0.903. The molecule has 7 nitrogen and oxygen atoms in total. The number of amides is 3. The summed E-state index contributed by atoms with van der Waals surface area (Å²) in [5.74, 6) is 1.14. The lowest BCUT2D eigenvalue weighted by Crippen LogP contribution is -2.42. The van der Waals surface area contributed by atoms with Crippen molar-refractivity contribution in [2.75, 3.05) is 39.8 Å². The van der Waals surface area contributed by atoms with Gasteiger partial charge in [0.05, 0.1) is 20.3 Å². The van der Waals surface area contributed by atoms with Crippen LogP contribution in [0.1, 0.15) is 6.42 Å². The van der Waals surface area contributed by atoms with Gasteiger partial charge in [-0.05, 0) is 12.1 Å². The van der Waals surface area contributed by atoms with E-state index in [1.165, 1.54) is 4.90 Å². The second kappa shape index (κ2) is 6.55. The Kier molecular flexibility index (Phi) is 4.75. The molecule has 0 spiro atoms. The number of urea groups is 1. The molecule has 0 radical (unpaired) electrons. The molecule has 1 heterocycles. The fourth-order valence-corrected chi connectivity index (χ4v) is 2.35. The van der Waals surface area contributed by atoms with E-state index in [-0.39, 0.29) is 24.4 Å². The van der Waals surface area contributed by atoms with Crippen molar-refractivity contribution in [2.24, 2.45) is 0 Å². The molecule has 0 bridgehead atoms. The van der Waals surface area contributed by atoms with Crippen LogP contribution in [0.25, 0.3) is 0 Å². The molecule has 1 saturated heterocycles. The summed E-state index contributed by atoms with van der Waals surface area (Å²) in [6.07, 6.45) is 0.286. The number of hydrogen-bond donors (Lipinski definition) is 1. The van der Waals surface area contributed by atoms with Crippen LogP contribution in [0.5, 0.6) is 11.5 Å². The van der Waals surface area contributed by atoms with Crippen molar-refractivity contribution < 1.29 is 19.1 Å². The molecule has 3 amide bonds. The third-order valence-electron chi connectivity index (χ3n) is 3.54. The predicted octanol–water partition coefficient (Wildman–Crippen LogP) is 1.08. The van der Waals surface area contributed by atoms with E-state index < -0.39 is 0 Å². The summed E-state index contributed by atoms with van der Waals surface area (Å²) in [4.78, 5) is 26.9. The topological polar surface area (TPSA) is 71.1 Å². The van der Waals surface area contributed by atoms with E-state index in [9.17, 15) is 9.59 Å². The van der Waals surface area contributed by atoms with Gasteiger partial charge in [-0.3, -0.25) is 4.79 Å². The Morgan fingerprint density at radius 1 is 1.27 bits per heavy atom. The highest BCUT2D eigenvalue weighted by Crippen LogP contribution is 2.33. The molecule has 1 atom stereocenters. The summed E-state index contributed by atoms with van der Waals surface area (Å²) >= 11 is 0. The average Bonchev–Trinajstić information content (AvgIpc) is 2.86. The van der Waals surface area contributed by atoms with Crippen molar-refractivity contribution >= 4 is 17.6 Å². The highest BCUT2D eigenvalue weighted by Gasteiger charge is 2.32. The Morgan fingerprint density at radius 3 is 2.55 bits per heavy atom. The zero-order valence-electron chi connectivity index (χ0n) is 13.3. The number of anilines is 1. The summed E-state index contributed by atoms with van der Waals surface area (Å²) in [5, 5.41) is 2.83. The van der Waals surface area contributed by atoms with Crippen LogP contribution in [-0.4, -0.2) is 57.7 Å². The Hall–Kier alpha value is -2.44. The Morgan fingerprint density at radius 2 is 1.95 bits per heavy atom. The number of ether oxygens (including phenoxy) is 2. The van der Waals surface area contributed by atoms with Crippen LogP contribution < -0.4 is 19.7 Å². The minimum absolute atomic E-state index is 0.0312. The number of nitrogens with zero attached hydrogens (tertiary/aromatic N) is 2. The smallest absolute Gasteiger partial charge is 0.317 e. The van der Waals surface area contributed by atoms with Crippen LogP contribution in [0.3, 0.4) is 0 Å². The second-order valence-corrected chi connectivity index (χ2v) is 5.29. The lowest BCUT2D eigenvalue weighted by molar-refractivity contribution is -0.117. The molecule has 0 unspecified atom stereocenters. The van der Waals surface area contributed by atoms with Gasteiger partial charge in [-0.1, -0.05) is 0 Å². The molecule has 1 aliphatic rings. The highest BCUT2D eigenvalue weighted by molar-refractivity contribution is 5.97. The van der Waals surface area contributed by atoms with Gasteiger partial charge in [-0.25, -0.2) is 4.79 Å². The largest absolute Gasteiger partial charge is 0.493 e. The molecule has 1 fully saturated rings. The Balaban J connectivity index is 2.13. The first-order chi connectivity index (χ1) is 10.5. The highest BCUT2D eigenvalue weighted by atomic mass is 16.5. The standard InChI is InChI=1S/C15H21N3O4/c1-17(2)15(20)16-10-7-14(19)18(9-10)11-5-6-12(21-3)13(8-11)22-4/h5-6,8,10H,7,9H2,1-4H3,(H,16,20)/t10-/m0/s1. The van der Waals surface area contributed by atoms with E-state index in [2.05, 4.69) is 5.32 Å². The summed E-state index contributed by atoms with van der Waals surface area (Å²) in [7, 11) is 6.44. The molecule has 1 N–H and O–H groups in total. The van der Waals surface area contributed by atoms with Crippen molar-refractivity contribution in [2.45, 2.75) is 12.5 Å². The van der Waals surface area contributed by atoms with Crippen LogP contribution in [0.15, 0.2) is 18.2 Å². The lowest BCUT2D eigenvalue weighted by atomic mass is 10.2. The van der Waals surface area contributed by atoms with Crippen LogP contribution in [0.4, 0.5) is 10.5 Å². The van der Waals surface area contributed by atoms with Crippen molar-refractivity contribution in [3.05, 3.63) is 18.2 Å². The number of benzene rings is 1. The maximum atomic E-state index is 12.2. The van der Waals surface area contributed by atoms with E-state index in [0.717, 1.165) is 5.69 Å². The monoisotopic (exact) mass is 307 g/mol. The van der Waals surface area contributed by atoms with Gasteiger partial charge in [0.2, 0.25) is 5.91 Å². The maximum absolute atomic E-state index is 12.2. The number of carbonyl (C=O) groups excluding carboxylic acids is 2. The number of hydrogen-bond acceptors (Lipinski definition) is 4. The van der Waals surface area contributed by atoms with E-state index in [0.29, 0.717) is 18.0 Å². The summed E-state index contributed by atoms with van der Waals surface area (Å²) < 4.78 is 10.4. The second-order valence-electron chi connectivity index (χ2n) is 5.29. The van der Waals surface area contributed by atoms with Crippen molar-refractivity contribution in [3.8, 4) is 11.5 Å². The van der Waals surface area contributed by atoms with Crippen LogP contribution in [0.2, 0.25) is 0 Å². The van der Waals surface area contributed by atoms with Gasteiger partial charge in [-0.2, -0.15) is 0 Å². The Bertz CT molecular complexity index is 574. The first-order valence-corrected chi connectivity index (χ1v) is 6.96. The third kappa shape index (κ3) is 3.24. The van der Waals surface area contributed by atoms with E-state index >= 15 is 0 Å². The minimum atomic E-state index is -0.202. The van der Waals surface area contributed by atoms with E-state index in [4.69, 9.17) is 9.47 Å². The van der Waals surface area contributed by atoms with Gasteiger partial charge >= 0.3 is 6.03 Å². The van der Waals surface area contributed by atoms with Gasteiger partial charge in [0, 0.05) is 38.8 Å². The van der Waals surface area contributed by atoms with Crippen molar-refractivity contribution in [1.82, 2.24) is 10.2 Å². The van der Waals surface area contributed by atoms with Gasteiger partial charge in [0.15, 0.2) is 11.5 Å². The zero-order chi connectivity index (χ0) is 16.3. The van der Waals surface area contributed by atoms with Gasteiger partial charge in [0.25, 0.3) is 0 Å². The molecule has 22 heavy (non-hydrogen) atoms. The number of carbonyl (C=O) groups is 2. The molecule has 120 valence electrons. The first-order valence-electron chi connectivity index (χ1n) is 6.96. The molecule has 7 heteroatoms. The van der Waals surface area contributed by atoms with E-state index in [1.54, 1.807) is 51.4 Å². The normalized spacial score (nSPS) is 17.4. The molecule has 0 aromatic heterocycles. The number of methoxy groups -OCH3 is 2. The van der Waals surface area contributed by atoms with Crippen LogP contribution >= 0.6 is 0 Å². The van der Waals surface area contributed by atoms with Gasteiger partial charge in [0.1, 0.15) is 0 Å². The molecule has 2 rings (SSSR count). The summed E-state index contributed by atoms with van der Waals surface area (Å²) in [5.41, 5.74) is 0.726. The maximum Gasteiger partial charge on any atom is 0.317 e. The third-order valence-corrected chi connectivity index (χ3v) is 3.54. The van der Waals surface area contributed by atoms with Gasteiger partial charge < -0.3 is 24.6 Å². The minimum Gasteiger partial charge on any atom is -0.493 e. The van der Waals surface area contributed by atoms with Crippen LogP contribution in [-0.2, 0) is 4.79 Å². The molecule has 0 saturated carbocycles. The molecule has 1 aromatic carbocycles.